The van der Waals surface area contributed by atoms with Crippen LogP contribution < -0.4 is 11.5 Å². The Bertz CT molecular complexity index is 899. The average Bonchev–Trinajstić information content (AvgIpc) is 3.21. The van der Waals surface area contributed by atoms with Gasteiger partial charge in [0.05, 0.1) is 16.1 Å². The molecular formula is C17H13N3S2. The van der Waals surface area contributed by atoms with E-state index in [4.69, 9.17) is 11.5 Å². The van der Waals surface area contributed by atoms with Gasteiger partial charge in [-0.1, -0.05) is 30.3 Å². The molecule has 4 N–H and O–H groups in total. The molecule has 2 aromatic carbocycles. The lowest BCUT2D eigenvalue weighted by molar-refractivity contribution is 1.48. The molecule has 0 aliphatic carbocycles. The summed E-state index contributed by atoms with van der Waals surface area (Å²) in [7, 11) is 0. The van der Waals surface area contributed by atoms with Crippen LogP contribution >= 0.6 is 22.7 Å². The Hall–Kier alpha value is -2.37. The fourth-order valence-corrected chi connectivity index (χ4v) is 4.15. The standard InChI is InChI=1S/C17H13N3S2/c18-12-7-8-13(19)16-15(12)20-17(22-16)11-5-3-10(4-6-11)14-2-1-9-21-14/h1-9H,18-19H2. The molecule has 0 aliphatic heterocycles. The maximum Gasteiger partial charge on any atom is 0.124 e. The summed E-state index contributed by atoms with van der Waals surface area (Å²) < 4.78 is 0.956. The highest BCUT2D eigenvalue weighted by Crippen LogP contribution is 2.37. The van der Waals surface area contributed by atoms with Crippen molar-refractivity contribution in [3.05, 3.63) is 53.9 Å². The quantitative estimate of drug-likeness (QED) is 0.518. The summed E-state index contributed by atoms with van der Waals surface area (Å²) in [6, 6.07) is 16.3. The van der Waals surface area contributed by atoms with Crippen LogP contribution in [0.25, 0.3) is 31.2 Å². The van der Waals surface area contributed by atoms with Gasteiger partial charge in [-0.3, -0.25) is 0 Å². The Labute approximate surface area is 135 Å². The number of nitrogens with two attached hydrogens (primary N) is 2. The predicted octanol–water partition coefficient (Wildman–Crippen LogP) is 4.86. The Kier molecular flexibility index (Phi) is 3.10. The molecule has 4 aromatic rings. The maximum atomic E-state index is 6.02. The number of hydrogen-bond donors (Lipinski definition) is 2. The van der Waals surface area contributed by atoms with Gasteiger partial charge in [-0.05, 0) is 29.1 Å². The summed E-state index contributed by atoms with van der Waals surface area (Å²) in [5.74, 6) is 0. The van der Waals surface area contributed by atoms with E-state index in [0.717, 1.165) is 26.5 Å². The smallest absolute Gasteiger partial charge is 0.124 e. The van der Waals surface area contributed by atoms with Gasteiger partial charge >= 0.3 is 0 Å². The Morgan fingerprint density at radius 1 is 0.818 bits per heavy atom. The molecule has 0 fully saturated rings. The summed E-state index contributed by atoms with van der Waals surface area (Å²) in [5, 5.41) is 3.03. The molecule has 0 saturated carbocycles. The van der Waals surface area contributed by atoms with E-state index >= 15 is 0 Å². The molecule has 0 bridgehead atoms. The van der Waals surface area contributed by atoms with Gasteiger partial charge in [-0.2, -0.15) is 0 Å². The number of nitrogens with zero attached hydrogens (tertiary/aromatic N) is 1. The van der Waals surface area contributed by atoms with E-state index < -0.39 is 0 Å². The number of nitrogen functional groups attached to an aromatic ring is 2. The van der Waals surface area contributed by atoms with Crippen molar-refractivity contribution in [1.29, 1.82) is 0 Å². The Morgan fingerprint density at radius 3 is 2.23 bits per heavy atom. The molecular weight excluding hydrogens is 310 g/mol. The van der Waals surface area contributed by atoms with Crippen LogP contribution in [0.1, 0.15) is 0 Å². The van der Waals surface area contributed by atoms with E-state index in [2.05, 4.69) is 46.8 Å². The highest BCUT2D eigenvalue weighted by molar-refractivity contribution is 7.22. The lowest BCUT2D eigenvalue weighted by atomic mass is 10.1. The summed E-state index contributed by atoms with van der Waals surface area (Å²) >= 11 is 3.32. The summed E-state index contributed by atoms with van der Waals surface area (Å²) in [6.45, 7) is 0. The largest absolute Gasteiger partial charge is 0.398 e. The van der Waals surface area contributed by atoms with Crippen molar-refractivity contribution < 1.29 is 0 Å². The van der Waals surface area contributed by atoms with Crippen molar-refractivity contribution >= 4 is 44.3 Å². The van der Waals surface area contributed by atoms with Crippen molar-refractivity contribution in [2.45, 2.75) is 0 Å². The van der Waals surface area contributed by atoms with Gasteiger partial charge in [-0.25, -0.2) is 4.98 Å². The van der Waals surface area contributed by atoms with Gasteiger partial charge in [0, 0.05) is 10.4 Å². The molecule has 0 atom stereocenters. The fourth-order valence-electron chi connectivity index (χ4n) is 2.39. The molecule has 0 spiro atoms. The lowest BCUT2D eigenvalue weighted by Crippen LogP contribution is -1.90. The number of benzene rings is 2. The lowest BCUT2D eigenvalue weighted by Gasteiger charge is -1.99. The molecule has 2 aromatic heterocycles. The first-order valence-corrected chi connectivity index (χ1v) is 8.51. The molecule has 0 aliphatic rings. The first-order valence-electron chi connectivity index (χ1n) is 6.81. The van der Waals surface area contributed by atoms with Crippen LogP contribution in [0.3, 0.4) is 0 Å². The van der Waals surface area contributed by atoms with Crippen molar-refractivity contribution in [2.24, 2.45) is 0 Å². The van der Waals surface area contributed by atoms with Crippen molar-refractivity contribution in [2.75, 3.05) is 11.5 Å². The van der Waals surface area contributed by atoms with Crippen molar-refractivity contribution in [1.82, 2.24) is 4.98 Å². The first-order chi connectivity index (χ1) is 10.7. The molecule has 4 rings (SSSR count). The summed E-state index contributed by atoms with van der Waals surface area (Å²) in [6.07, 6.45) is 0. The highest BCUT2D eigenvalue weighted by Gasteiger charge is 2.11. The molecule has 22 heavy (non-hydrogen) atoms. The molecule has 2 heterocycles. The maximum absolute atomic E-state index is 6.02. The SMILES string of the molecule is Nc1ccc(N)c2sc(-c3ccc(-c4cccs4)cc3)nc12. The highest BCUT2D eigenvalue weighted by atomic mass is 32.1. The zero-order valence-electron chi connectivity index (χ0n) is 11.6. The van der Waals surface area contributed by atoms with Crippen LogP contribution in [-0.2, 0) is 0 Å². The van der Waals surface area contributed by atoms with Crippen LogP contribution in [0.2, 0.25) is 0 Å². The molecule has 0 saturated heterocycles. The Morgan fingerprint density at radius 2 is 1.55 bits per heavy atom. The second-order valence-electron chi connectivity index (χ2n) is 5.00. The topological polar surface area (TPSA) is 64.9 Å². The van der Waals surface area contributed by atoms with Gasteiger partial charge in [0.1, 0.15) is 10.5 Å². The minimum Gasteiger partial charge on any atom is -0.398 e. The third-order valence-corrected chi connectivity index (χ3v) is 5.62. The van der Waals surface area contributed by atoms with E-state index in [9.17, 15) is 0 Å². The Balaban J connectivity index is 1.79. The molecule has 0 radical (unpaired) electrons. The number of rotatable bonds is 2. The molecule has 0 amide bonds. The van der Waals surface area contributed by atoms with Crippen molar-refractivity contribution in [3.8, 4) is 21.0 Å². The predicted molar refractivity (Wildman–Crippen MR) is 97.2 cm³/mol. The van der Waals surface area contributed by atoms with Crippen LogP contribution in [-0.4, -0.2) is 4.98 Å². The number of hydrogen-bond acceptors (Lipinski definition) is 5. The van der Waals surface area contributed by atoms with E-state index in [-0.39, 0.29) is 0 Å². The van der Waals surface area contributed by atoms with E-state index in [0.29, 0.717) is 5.69 Å². The summed E-state index contributed by atoms with van der Waals surface area (Å²) in [4.78, 5) is 5.92. The second kappa shape index (κ2) is 5.12. The van der Waals surface area contributed by atoms with Gasteiger partial charge in [0.25, 0.3) is 0 Å². The average molecular weight is 323 g/mol. The molecule has 108 valence electrons. The van der Waals surface area contributed by atoms with E-state index in [1.54, 1.807) is 28.7 Å². The van der Waals surface area contributed by atoms with Crippen LogP contribution in [0.4, 0.5) is 11.4 Å². The first kappa shape index (κ1) is 13.3. The zero-order valence-corrected chi connectivity index (χ0v) is 13.2. The number of thiophene rings is 1. The fraction of sp³-hybridized carbons (Fsp3) is 0. The zero-order chi connectivity index (χ0) is 15.1. The minimum absolute atomic E-state index is 0.668. The van der Waals surface area contributed by atoms with Gasteiger partial charge in [0.15, 0.2) is 0 Å². The van der Waals surface area contributed by atoms with Gasteiger partial charge in [-0.15, -0.1) is 22.7 Å². The molecule has 3 nitrogen and oxygen atoms in total. The van der Waals surface area contributed by atoms with Crippen LogP contribution in [0, 0.1) is 0 Å². The summed E-state index contributed by atoms with van der Waals surface area (Å²) in [5.41, 5.74) is 16.5. The number of anilines is 2. The van der Waals surface area contributed by atoms with Crippen LogP contribution in [0.5, 0.6) is 0 Å². The van der Waals surface area contributed by atoms with Gasteiger partial charge < -0.3 is 11.5 Å². The third-order valence-electron chi connectivity index (χ3n) is 3.54. The van der Waals surface area contributed by atoms with E-state index in [1.807, 2.05) is 6.07 Å². The number of aromatic nitrogens is 1. The molecule has 0 unspecified atom stereocenters. The monoisotopic (exact) mass is 323 g/mol. The molecule has 5 heteroatoms. The minimum atomic E-state index is 0.668. The van der Waals surface area contributed by atoms with Crippen LogP contribution in [0.15, 0.2) is 53.9 Å². The normalized spacial score (nSPS) is 11.1. The van der Waals surface area contributed by atoms with Gasteiger partial charge in [0.2, 0.25) is 0 Å². The van der Waals surface area contributed by atoms with Crippen molar-refractivity contribution in [3.63, 3.8) is 0 Å². The number of thiazole rings is 1. The second-order valence-corrected chi connectivity index (χ2v) is 6.94. The number of fused-ring (bicyclic) bond motifs is 1. The van der Waals surface area contributed by atoms with E-state index in [1.165, 1.54) is 10.4 Å². The third kappa shape index (κ3) is 2.15.